The molecule has 0 saturated heterocycles. The molecule has 2 N–H and O–H groups in total. The molecule has 1 aromatic rings. The lowest BCUT2D eigenvalue weighted by Crippen LogP contribution is -2.11. The molecule has 0 fully saturated rings. The van der Waals surface area contributed by atoms with Gasteiger partial charge in [0.1, 0.15) is 11.6 Å². The highest BCUT2D eigenvalue weighted by Crippen LogP contribution is 2.25. The Morgan fingerprint density at radius 2 is 2.08 bits per heavy atom. The minimum absolute atomic E-state index is 0.199. The number of hydrogen-bond acceptors (Lipinski definition) is 1. The van der Waals surface area contributed by atoms with Crippen molar-refractivity contribution in [3.05, 3.63) is 34.4 Å². The van der Waals surface area contributed by atoms with E-state index in [0.717, 1.165) is 12.1 Å². The summed E-state index contributed by atoms with van der Waals surface area (Å²) in [4.78, 5) is 0. The Hall–Kier alpha value is -0.670. The Morgan fingerprint density at radius 1 is 1.46 bits per heavy atom. The Bertz CT molecular complexity index is 315. The van der Waals surface area contributed by atoms with E-state index in [0.29, 0.717) is 0 Å². The van der Waals surface area contributed by atoms with Gasteiger partial charge in [0.25, 0.3) is 0 Å². The van der Waals surface area contributed by atoms with Gasteiger partial charge in [-0.05, 0) is 30.2 Å². The molecule has 1 unspecified atom stereocenters. The van der Waals surface area contributed by atoms with Gasteiger partial charge in [0.2, 0.25) is 0 Å². The van der Waals surface area contributed by atoms with Gasteiger partial charge in [-0.3, -0.25) is 0 Å². The van der Waals surface area contributed by atoms with Crippen LogP contribution in [0.2, 0.25) is 5.02 Å². The SMILES string of the molecule is CC(CN)c1cc(F)cc(Cl)c1F. The van der Waals surface area contributed by atoms with Crippen molar-refractivity contribution in [1.29, 1.82) is 0 Å². The molecular weight excluding hydrogens is 196 g/mol. The van der Waals surface area contributed by atoms with Crippen LogP contribution in [0.5, 0.6) is 0 Å². The van der Waals surface area contributed by atoms with Crippen molar-refractivity contribution in [3.8, 4) is 0 Å². The Morgan fingerprint density at radius 3 is 2.62 bits per heavy atom. The van der Waals surface area contributed by atoms with Gasteiger partial charge in [0.15, 0.2) is 0 Å². The number of rotatable bonds is 2. The first-order valence-corrected chi connectivity index (χ1v) is 4.28. The van der Waals surface area contributed by atoms with E-state index in [-0.39, 0.29) is 23.0 Å². The largest absolute Gasteiger partial charge is 0.330 e. The first-order chi connectivity index (χ1) is 6.06. The summed E-state index contributed by atoms with van der Waals surface area (Å²) >= 11 is 5.46. The summed E-state index contributed by atoms with van der Waals surface area (Å²) in [5.74, 6) is -1.35. The first-order valence-electron chi connectivity index (χ1n) is 3.90. The summed E-state index contributed by atoms with van der Waals surface area (Å²) in [7, 11) is 0. The van der Waals surface area contributed by atoms with Crippen LogP contribution < -0.4 is 5.73 Å². The van der Waals surface area contributed by atoms with Gasteiger partial charge in [0, 0.05) is 0 Å². The van der Waals surface area contributed by atoms with Crippen molar-refractivity contribution in [2.24, 2.45) is 5.73 Å². The summed E-state index contributed by atoms with van der Waals surface area (Å²) in [6, 6.07) is 2.07. The lowest BCUT2D eigenvalue weighted by Gasteiger charge is -2.10. The molecule has 13 heavy (non-hydrogen) atoms. The topological polar surface area (TPSA) is 26.0 Å². The molecule has 1 atom stereocenters. The maximum atomic E-state index is 13.3. The predicted octanol–water partition coefficient (Wildman–Crippen LogP) is 2.68. The highest BCUT2D eigenvalue weighted by atomic mass is 35.5. The zero-order valence-electron chi connectivity index (χ0n) is 7.15. The van der Waals surface area contributed by atoms with E-state index in [1.165, 1.54) is 0 Å². The first kappa shape index (κ1) is 10.4. The van der Waals surface area contributed by atoms with E-state index in [1.54, 1.807) is 6.92 Å². The average molecular weight is 206 g/mol. The van der Waals surface area contributed by atoms with E-state index in [2.05, 4.69) is 0 Å². The highest BCUT2D eigenvalue weighted by molar-refractivity contribution is 6.30. The molecule has 72 valence electrons. The normalized spacial score (nSPS) is 13.0. The van der Waals surface area contributed by atoms with Crippen molar-refractivity contribution in [1.82, 2.24) is 0 Å². The molecule has 0 radical (unpaired) electrons. The molecule has 1 aromatic carbocycles. The maximum absolute atomic E-state index is 13.3. The van der Waals surface area contributed by atoms with E-state index in [4.69, 9.17) is 17.3 Å². The molecule has 0 heterocycles. The molecule has 0 spiro atoms. The number of nitrogens with two attached hydrogens (primary N) is 1. The third kappa shape index (κ3) is 2.17. The summed E-state index contributed by atoms with van der Waals surface area (Å²) in [6.45, 7) is 1.98. The van der Waals surface area contributed by atoms with Crippen LogP contribution >= 0.6 is 11.6 Å². The highest BCUT2D eigenvalue weighted by Gasteiger charge is 2.14. The quantitative estimate of drug-likeness (QED) is 0.739. The van der Waals surface area contributed by atoms with E-state index in [9.17, 15) is 8.78 Å². The van der Waals surface area contributed by atoms with Crippen LogP contribution in [0.4, 0.5) is 8.78 Å². The standard InChI is InChI=1S/C9H10ClF2N/c1-5(4-13)7-2-6(11)3-8(10)9(7)12/h2-3,5H,4,13H2,1H3. The lowest BCUT2D eigenvalue weighted by molar-refractivity contribution is 0.570. The van der Waals surface area contributed by atoms with Gasteiger partial charge in [-0.1, -0.05) is 18.5 Å². The molecule has 0 aliphatic heterocycles. The van der Waals surface area contributed by atoms with Gasteiger partial charge in [-0.2, -0.15) is 0 Å². The van der Waals surface area contributed by atoms with Crippen molar-refractivity contribution in [2.45, 2.75) is 12.8 Å². The van der Waals surface area contributed by atoms with Crippen LogP contribution in [0, 0.1) is 11.6 Å². The summed E-state index contributed by atoms with van der Waals surface area (Å²) in [5, 5.41) is -0.199. The summed E-state index contributed by atoms with van der Waals surface area (Å²) in [5.41, 5.74) is 5.57. The maximum Gasteiger partial charge on any atom is 0.145 e. The van der Waals surface area contributed by atoms with E-state index in [1.807, 2.05) is 0 Å². The van der Waals surface area contributed by atoms with Crippen LogP contribution in [0.3, 0.4) is 0 Å². The fourth-order valence-electron chi connectivity index (χ4n) is 1.06. The van der Waals surface area contributed by atoms with Gasteiger partial charge in [0.05, 0.1) is 5.02 Å². The van der Waals surface area contributed by atoms with E-state index < -0.39 is 11.6 Å². The third-order valence-corrected chi connectivity index (χ3v) is 2.18. The van der Waals surface area contributed by atoms with Crippen LogP contribution in [0.1, 0.15) is 18.4 Å². The molecule has 0 bridgehead atoms. The predicted molar refractivity (Wildman–Crippen MR) is 48.8 cm³/mol. The van der Waals surface area contributed by atoms with Crippen molar-refractivity contribution >= 4 is 11.6 Å². The lowest BCUT2D eigenvalue weighted by atomic mass is 10.0. The third-order valence-electron chi connectivity index (χ3n) is 1.91. The van der Waals surface area contributed by atoms with Crippen LogP contribution in [0.15, 0.2) is 12.1 Å². The zero-order valence-corrected chi connectivity index (χ0v) is 7.91. The fraction of sp³-hybridized carbons (Fsp3) is 0.333. The smallest absolute Gasteiger partial charge is 0.145 e. The summed E-state index contributed by atoms with van der Waals surface area (Å²) in [6.07, 6.45) is 0. The summed E-state index contributed by atoms with van der Waals surface area (Å²) < 4.78 is 26.1. The molecular formula is C9H10ClF2N. The molecule has 4 heteroatoms. The van der Waals surface area contributed by atoms with Crippen molar-refractivity contribution < 1.29 is 8.78 Å². The van der Waals surface area contributed by atoms with Crippen LogP contribution in [-0.2, 0) is 0 Å². The molecule has 0 amide bonds. The Kier molecular flexibility index (Phi) is 3.22. The molecule has 0 aliphatic carbocycles. The van der Waals surface area contributed by atoms with Gasteiger partial charge >= 0.3 is 0 Å². The Labute approximate surface area is 80.5 Å². The monoisotopic (exact) mass is 205 g/mol. The number of hydrogen-bond donors (Lipinski definition) is 1. The Balaban J connectivity index is 3.20. The molecule has 0 saturated carbocycles. The van der Waals surface area contributed by atoms with Crippen LogP contribution in [-0.4, -0.2) is 6.54 Å². The number of benzene rings is 1. The van der Waals surface area contributed by atoms with Gasteiger partial charge in [-0.15, -0.1) is 0 Å². The molecule has 1 rings (SSSR count). The van der Waals surface area contributed by atoms with Crippen LogP contribution in [0.25, 0.3) is 0 Å². The van der Waals surface area contributed by atoms with E-state index >= 15 is 0 Å². The minimum Gasteiger partial charge on any atom is -0.330 e. The average Bonchev–Trinajstić information content (AvgIpc) is 2.10. The second-order valence-electron chi connectivity index (χ2n) is 2.93. The minimum atomic E-state index is -0.582. The second-order valence-corrected chi connectivity index (χ2v) is 3.33. The van der Waals surface area contributed by atoms with Crippen molar-refractivity contribution in [3.63, 3.8) is 0 Å². The molecule has 0 aromatic heterocycles. The second kappa shape index (κ2) is 4.03. The van der Waals surface area contributed by atoms with Crippen molar-refractivity contribution in [2.75, 3.05) is 6.54 Å². The molecule has 1 nitrogen and oxygen atoms in total. The number of halogens is 3. The van der Waals surface area contributed by atoms with Gasteiger partial charge < -0.3 is 5.73 Å². The van der Waals surface area contributed by atoms with Gasteiger partial charge in [-0.25, -0.2) is 8.78 Å². The molecule has 0 aliphatic rings. The fourth-order valence-corrected chi connectivity index (χ4v) is 1.27. The zero-order chi connectivity index (χ0) is 10.0.